The molecule has 0 aromatic carbocycles. The molecule has 0 fully saturated rings. The number of aromatic nitrogens is 1. The highest BCUT2D eigenvalue weighted by Gasteiger charge is 2.37. The minimum atomic E-state index is -4.93. The number of halogens is 5. The molecule has 0 spiro atoms. The lowest BCUT2D eigenvalue weighted by molar-refractivity contribution is -0.142. The lowest BCUT2D eigenvalue weighted by Crippen LogP contribution is -2.17. The van der Waals surface area contributed by atoms with Crippen LogP contribution in [0, 0.1) is 11.3 Å². The van der Waals surface area contributed by atoms with E-state index in [0.717, 1.165) is 0 Å². The molecular formula is C9H6F5N3. The summed E-state index contributed by atoms with van der Waals surface area (Å²) in [6.07, 6.45) is -8.07. The van der Waals surface area contributed by atoms with Crippen LogP contribution in [0.2, 0.25) is 0 Å². The molecule has 0 atom stereocenters. The summed E-state index contributed by atoms with van der Waals surface area (Å²) in [5.41, 5.74) is 1.07. The monoisotopic (exact) mass is 251 g/mol. The summed E-state index contributed by atoms with van der Waals surface area (Å²) < 4.78 is 62.6. The normalized spacial score (nSPS) is 11.6. The first kappa shape index (κ1) is 13.3. The molecule has 0 aliphatic heterocycles. The van der Waals surface area contributed by atoms with Gasteiger partial charge in [-0.2, -0.15) is 18.4 Å². The number of nitriles is 1. The Morgan fingerprint density at radius 3 is 2.35 bits per heavy atom. The third-order valence-electron chi connectivity index (χ3n) is 1.98. The Labute approximate surface area is 92.7 Å². The van der Waals surface area contributed by atoms with E-state index < -0.39 is 41.7 Å². The number of alkyl halides is 5. The van der Waals surface area contributed by atoms with E-state index in [1.165, 1.54) is 6.07 Å². The van der Waals surface area contributed by atoms with Crippen LogP contribution < -0.4 is 5.73 Å². The zero-order valence-electron chi connectivity index (χ0n) is 8.22. The molecule has 0 aliphatic carbocycles. The number of hydrogen-bond donors (Lipinski definition) is 1. The summed E-state index contributed by atoms with van der Waals surface area (Å²) in [6.45, 7) is -0.729. The van der Waals surface area contributed by atoms with Crippen LogP contribution in [0.3, 0.4) is 0 Å². The van der Waals surface area contributed by atoms with Crippen LogP contribution in [0.4, 0.5) is 22.0 Å². The maximum atomic E-state index is 12.5. The summed E-state index contributed by atoms with van der Waals surface area (Å²) in [5.74, 6) is 0. The van der Waals surface area contributed by atoms with E-state index in [4.69, 9.17) is 11.0 Å². The van der Waals surface area contributed by atoms with Gasteiger partial charge >= 0.3 is 6.18 Å². The molecule has 1 aromatic heterocycles. The van der Waals surface area contributed by atoms with Gasteiger partial charge in [0.1, 0.15) is 11.8 Å². The second kappa shape index (κ2) is 4.63. The van der Waals surface area contributed by atoms with Crippen molar-refractivity contribution in [2.24, 2.45) is 5.73 Å². The summed E-state index contributed by atoms with van der Waals surface area (Å²) in [6, 6.07) is 1.91. The number of pyridine rings is 1. The molecule has 0 amide bonds. The number of nitrogens with two attached hydrogens (primary N) is 1. The van der Waals surface area contributed by atoms with Gasteiger partial charge in [-0.3, -0.25) is 0 Å². The van der Waals surface area contributed by atoms with Gasteiger partial charge in [-0.05, 0) is 6.07 Å². The summed E-state index contributed by atoms with van der Waals surface area (Å²) in [7, 11) is 0. The molecule has 2 N–H and O–H groups in total. The molecule has 0 saturated carbocycles. The van der Waals surface area contributed by atoms with Crippen molar-refractivity contribution in [2.45, 2.75) is 19.1 Å². The van der Waals surface area contributed by atoms with Crippen molar-refractivity contribution in [3.63, 3.8) is 0 Å². The van der Waals surface area contributed by atoms with Crippen molar-refractivity contribution in [2.75, 3.05) is 0 Å². The standard InChI is InChI=1S/C9H6F5N3/c10-8(11)5-1-4(2-15)17-7(6(5)3-16)9(12,13)14/h1,8H,3,16H2. The van der Waals surface area contributed by atoms with Gasteiger partial charge in [-0.25, -0.2) is 13.8 Å². The first-order valence-corrected chi connectivity index (χ1v) is 4.30. The second-order valence-electron chi connectivity index (χ2n) is 3.04. The first-order chi connectivity index (χ1) is 7.81. The summed E-state index contributed by atoms with van der Waals surface area (Å²) in [4.78, 5) is 2.98. The first-order valence-electron chi connectivity index (χ1n) is 4.30. The molecule has 0 aliphatic rings. The molecule has 1 heterocycles. The second-order valence-corrected chi connectivity index (χ2v) is 3.04. The largest absolute Gasteiger partial charge is 0.433 e. The highest BCUT2D eigenvalue weighted by molar-refractivity contribution is 5.38. The van der Waals surface area contributed by atoms with Crippen LogP contribution in [0.5, 0.6) is 0 Å². The predicted molar refractivity (Wildman–Crippen MR) is 46.8 cm³/mol. The van der Waals surface area contributed by atoms with Crippen molar-refractivity contribution < 1.29 is 22.0 Å². The highest BCUT2D eigenvalue weighted by atomic mass is 19.4. The fraction of sp³-hybridized carbons (Fsp3) is 0.333. The van der Waals surface area contributed by atoms with Crippen molar-refractivity contribution >= 4 is 0 Å². The average molecular weight is 251 g/mol. The summed E-state index contributed by atoms with van der Waals surface area (Å²) >= 11 is 0. The van der Waals surface area contributed by atoms with E-state index in [-0.39, 0.29) is 0 Å². The third-order valence-corrected chi connectivity index (χ3v) is 1.98. The smallest absolute Gasteiger partial charge is 0.326 e. The maximum Gasteiger partial charge on any atom is 0.433 e. The Bertz CT molecular complexity index is 461. The fourth-order valence-corrected chi connectivity index (χ4v) is 1.29. The van der Waals surface area contributed by atoms with Gasteiger partial charge in [-0.15, -0.1) is 0 Å². The van der Waals surface area contributed by atoms with Gasteiger partial charge < -0.3 is 5.73 Å². The van der Waals surface area contributed by atoms with E-state index in [9.17, 15) is 22.0 Å². The molecule has 92 valence electrons. The molecule has 1 aromatic rings. The zero-order chi connectivity index (χ0) is 13.2. The predicted octanol–water partition coefficient (Wildman–Crippen LogP) is 2.37. The Morgan fingerprint density at radius 1 is 1.41 bits per heavy atom. The van der Waals surface area contributed by atoms with Gasteiger partial charge in [0.15, 0.2) is 5.69 Å². The Morgan fingerprint density at radius 2 is 2.00 bits per heavy atom. The van der Waals surface area contributed by atoms with Crippen molar-refractivity contribution in [3.05, 3.63) is 28.6 Å². The van der Waals surface area contributed by atoms with Gasteiger partial charge in [-0.1, -0.05) is 0 Å². The SMILES string of the molecule is N#Cc1cc(C(F)F)c(CN)c(C(F)(F)F)n1. The maximum absolute atomic E-state index is 12.5. The Hall–Kier alpha value is -1.75. The van der Waals surface area contributed by atoms with Crippen LogP contribution >= 0.6 is 0 Å². The lowest BCUT2D eigenvalue weighted by Gasteiger charge is -2.14. The van der Waals surface area contributed by atoms with Gasteiger partial charge in [0, 0.05) is 17.7 Å². The molecule has 1 rings (SSSR count). The molecule has 0 unspecified atom stereocenters. The number of nitrogens with zero attached hydrogens (tertiary/aromatic N) is 2. The van der Waals surface area contributed by atoms with Crippen molar-refractivity contribution in [3.8, 4) is 6.07 Å². The molecular weight excluding hydrogens is 245 g/mol. The van der Waals surface area contributed by atoms with E-state index >= 15 is 0 Å². The minimum Gasteiger partial charge on any atom is -0.326 e. The molecule has 8 heteroatoms. The quantitative estimate of drug-likeness (QED) is 0.820. The number of hydrogen-bond acceptors (Lipinski definition) is 3. The van der Waals surface area contributed by atoms with Crippen LogP contribution in [0.25, 0.3) is 0 Å². The topological polar surface area (TPSA) is 62.7 Å². The van der Waals surface area contributed by atoms with Crippen molar-refractivity contribution in [1.82, 2.24) is 4.98 Å². The van der Waals surface area contributed by atoms with Crippen LogP contribution in [0.15, 0.2) is 6.07 Å². The molecule has 0 radical (unpaired) electrons. The zero-order valence-corrected chi connectivity index (χ0v) is 8.22. The van der Waals surface area contributed by atoms with Crippen LogP contribution in [-0.2, 0) is 12.7 Å². The fourth-order valence-electron chi connectivity index (χ4n) is 1.29. The Balaban J connectivity index is 3.58. The lowest BCUT2D eigenvalue weighted by atomic mass is 10.0. The van der Waals surface area contributed by atoms with Crippen LogP contribution in [-0.4, -0.2) is 4.98 Å². The van der Waals surface area contributed by atoms with E-state index in [2.05, 4.69) is 4.98 Å². The molecule has 3 nitrogen and oxygen atoms in total. The molecule has 0 bridgehead atoms. The van der Waals surface area contributed by atoms with Crippen LogP contribution in [0.1, 0.15) is 28.9 Å². The van der Waals surface area contributed by atoms with Crippen molar-refractivity contribution in [1.29, 1.82) is 5.26 Å². The van der Waals surface area contributed by atoms with E-state index in [1.54, 1.807) is 0 Å². The van der Waals surface area contributed by atoms with E-state index in [1.807, 2.05) is 0 Å². The summed E-state index contributed by atoms with van der Waals surface area (Å²) in [5, 5.41) is 8.44. The highest BCUT2D eigenvalue weighted by Crippen LogP contribution is 2.35. The third kappa shape index (κ3) is 2.68. The van der Waals surface area contributed by atoms with Gasteiger partial charge in [0.05, 0.1) is 0 Å². The molecule has 17 heavy (non-hydrogen) atoms. The average Bonchev–Trinajstić information content (AvgIpc) is 2.25. The molecule has 0 saturated heterocycles. The van der Waals surface area contributed by atoms with Gasteiger partial charge in [0.25, 0.3) is 6.43 Å². The van der Waals surface area contributed by atoms with E-state index in [0.29, 0.717) is 6.07 Å². The number of rotatable bonds is 2. The van der Waals surface area contributed by atoms with Gasteiger partial charge in [0.2, 0.25) is 0 Å². The minimum absolute atomic E-state index is 0.613. The Kier molecular flexibility index (Phi) is 3.63.